The first-order chi connectivity index (χ1) is 11.0. The normalized spacial score (nSPS) is 9.88. The van der Waals surface area contributed by atoms with Crippen LogP contribution in [0.1, 0.15) is 72.6 Å². The van der Waals surface area contributed by atoms with Gasteiger partial charge in [0.2, 0.25) is 0 Å². The van der Waals surface area contributed by atoms with E-state index in [1.54, 1.807) is 0 Å². The number of phosphoric ester groups is 1. The van der Waals surface area contributed by atoms with Crippen LogP contribution in [0.4, 0.5) is 0 Å². The number of rotatable bonds is 13. The van der Waals surface area contributed by atoms with Crippen LogP contribution in [-0.4, -0.2) is 39.8 Å². The van der Waals surface area contributed by atoms with E-state index in [0.717, 1.165) is 19.3 Å². The van der Waals surface area contributed by atoms with E-state index in [2.05, 4.69) is 24.6 Å². The topological polar surface area (TPSA) is 107 Å². The number of aliphatic hydroxyl groups is 2. The van der Waals surface area contributed by atoms with Gasteiger partial charge in [0.1, 0.15) is 0 Å². The number of phosphoric acid groups is 1. The van der Waals surface area contributed by atoms with Crippen molar-refractivity contribution in [3.05, 3.63) is 13.2 Å². The van der Waals surface area contributed by atoms with Gasteiger partial charge in [0.05, 0.1) is 19.8 Å². The van der Waals surface area contributed by atoms with Crippen molar-refractivity contribution in [3.8, 4) is 0 Å². The monoisotopic (exact) mass is 380 g/mol. The Morgan fingerprint density at radius 3 is 1.46 bits per heavy atom. The van der Waals surface area contributed by atoms with Gasteiger partial charge in [0.25, 0.3) is 0 Å². The Hall–Kier alpha value is 0.770. The maximum Gasteiger partial charge on any atom is 1.00 e. The van der Waals surface area contributed by atoms with E-state index in [1.165, 1.54) is 44.9 Å². The van der Waals surface area contributed by atoms with Gasteiger partial charge < -0.3 is 21.4 Å². The average molecular weight is 380 g/mol. The van der Waals surface area contributed by atoms with Crippen LogP contribution in [0.15, 0.2) is 13.2 Å². The van der Waals surface area contributed by atoms with Gasteiger partial charge in [-0.05, 0) is 6.42 Å². The molecule has 8 heteroatoms. The second kappa shape index (κ2) is 28.6. The summed E-state index contributed by atoms with van der Waals surface area (Å²) in [4.78, 5) is 16.9. The van der Waals surface area contributed by atoms with Crippen LogP contribution in [0, 0.1) is 0 Å². The van der Waals surface area contributed by atoms with Gasteiger partial charge in [0.15, 0.2) is 0 Å². The van der Waals surface area contributed by atoms with Crippen molar-refractivity contribution >= 4 is 7.82 Å². The third-order valence-corrected chi connectivity index (χ3v) is 3.38. The first-order valence-corrected chi connectivity index (χ1v) is 9.92. The van der Waals surface area contributed by atoms with E-state index < -0.39 is 7.82 Å². The molecule has 0 saturated carbocycles. The summed E-state index contributed by atoms with van der Waals surface area (Å²) in [6.07, 6.45) is 12.0. The van der Waals surface area contributed by atoms with Crippen LogP contribution >= 0.6 is 7.82 Å². The van der Waals surface area contributed by atoms with Crippen molar-refractivity contribution in [2.45, 2.75) is 71.1 Å². The fourth-order valence-corrected chi connectivity index (χ4v) is 2.14. The van der Waals surface area contributed by atoms with Crippen molar-refractivity contribution < 1.29 is 60.1 Å². The van der Waals surface area contributed by atoms with Crippen LogP contribution in [-0.2, 0) is 9.09 Å². The fourth-order valence-electron chi connectivity index (χ4n) is 1.77. The second-order valence-corrected chi connectivity index (χ2v) is 6.19. The Kier molecular flexibility index (Phi) is 38.6. The van der Waals surface area contributed by atoms with Crippen LogP contribution < -0.4 is 29.6 Å². The van der Waals surface area contributed by atoms with Crippen LogP contribution in [0.2, 0.25) is 0 Å². The van der Waals surface area contributed by atoms with Crippen molar-refractivity contribution in [1.29, 1.82) is 0 Å². The second-order valence-electron chi connectivity index (χ2n) is 4.95. The SMILES string of the molecule is C=C.CCCCCCCCCCCCOP(=O)(O)O.OCCO.[H-].[Na+]. The fraction of sp³-hybridized carbons (Fsp3) is 0.875. The van der Waals surface area contributed by atoms with Gasteiger partial charge in [-0.25, -0.2) is 4.57 Å². The van der Waals surface area contributed by atoms with E-state index in [4.69, 9.17) is 20.0 Å². The Balaban J connectivity index is -0.000000146. The zero-order chi connectivity index (χ0) is 18.4. The van der Waals surface area contributed by atoms with Gasteiger partial charge >= 0.3 is 37.4 Å². The van der Waals surface area contributed by atoms with Gasteiger partial charge in [-0.3, -0.25) is 4.52 Å². The molecule has 0 aliphatic rings. The summed E-state index contributed by atoms with van der Waals surface area (Å²) in [6.45, 7) is 8.14. The van der Waals surface area contributed by atoms with E-state index in [-0.39, 0.29) is 50.8 Å². The minimum absolute atomic E-state index is 0. The largest absolute Gasteiger partial charge is 1.00 e. The van der Waals surface area contributed by atoms with E-state index in [0.29, 0.717) is 0 Å². The van der Waals surface area contributed by atoms with Crippen LogP contribution in [0.3, 0.4) is 0 Å². The first kappa shape index (κ1) is 32.4. The molecule has 24 heavy (non-hydrogen) atoms. The van der Waals surface area contributed by atoms with Crippen LogP contribution in [0.5, 0.6) is 0 Å². The Morgan fingerprint density at radius 2 is 1.17 bits per heavy atom. The van der Waals surface area contributed by atoms with Crippen molar-refractivity contribution in [2.24, 2.45) is 0 Å². The van der Waals surface area contributed by atoms with Gasteiger partial charge in [0, 0.05) is 0 Å². The minimum Gasteiger partial charge on any atom is -1.00 e. The minimum atomic E-state index is -4.24. The molecule has 6 nitrogen and oxygen atoms in total. The predicted octanol–water partition coefficient (Wildman–Crippen LogP) is 0.906. The van der Waals surface area contributed by atoms with E-state index in [1.807, 2.05) is 0 Å². The molecule has 0 aliphatic carbocycles. The molecule has 0 spiro atoms. The summed E-state index contributed by atoms with van der Waals surface area (Å²) in [5.74, 6) is 0. The summed E-state index contributed by atoms with van der Waals surface area (Å²) < 4.78 is 14.7. The molecule has 0 aromatic rings. The molecular weight excluding hydrogens is 342 g/mol. The van der Waals surface area contributed by atoms with E-state index in [9.17, 15) is 4.57 Å². The number of unbranched alkanes of at least 4 members (excludes halogenated alkanes) is 9. The molecule has 0 fully saturated rings. The molecule has 0 rings (SSSR count). The maximum absolute atomic E-state index is 10.4. The zero-order valence-corrected chi connectivity index (χ0v) is 18.6. The third kappa shape index (κ3) is 43.4. The maximum atomic E-state index is 10.4. The van der Waals surface area contributed by atoms with Gasteiger partial charge in [-0.2, -0.15) is 0 Å². The van der Waals surface area contributed by atoms with Gasteiger partial charge in [-0.15, -0.1) is 13.2 Å². The van der Waals surface area contributed by atoms with Gasteiger partial charge in [-0.1, -0.05) is 64.7 Å². The summed E-state index contributed by atoms with van der Waals surface area (Å²) in [6, 6.07) is 0. The molecule has 4 N–H and O–H groups in total. The summed E-state index contributed by atoms with van der Waals surface area (Å²) >= 11 is 0. The molecule has 0 aromatic carbocycles. The molecule has 0 radical (unpaired) electrons. The Labute approximate surface area is 171 Å². The standard InChI is InChI=1S/C12H27O4P.C2H6O2.C2H4.Na.H/c1-2-3-4-5-6-7-8-9-10-11-12-16-17(13,14)15;3-1-2-4;1-2;;/h2-12H2,1H3,(H2,13,14,15);3-4H,1-2H2;1-2H2;;/q;;;+1;-1. The number of hydrogen-bond acceptors (Lipinski definition) is 4. The number of aliphatic hydroxyl groups excluding tert-OH is 2. The zero-order valence-electron chi connectivity index (χ0n) is 16.7. The molecule has 0 amide bonds. The van der Waals surface area contributed by atoms with Crippen LogP contribution in [0.25, 0.3) is 0 Å². The molecule has 0 bridgehead atoms. The summed E-state index contributed by atoms with van der Waals surface area (Å²) in [5.41, 5.74) is 0. The summed E-state index contributed by atoms with van der Waals surface area (Å²) in [5, 5.41) is 15.2. The molecule has 0 unspecified atom stereocenters. The van der Waals surface area contributed by atoms with Crippen molar-refractivity contribution in [1.82, 2.24) is 0 Å². The van der Waals surface area contributed by atoms with Crippen molar-refractivity contribution in [3.63, 3.8) is 0 Å². The Bertz CT molecular complexity index is 255. The van der Waals surface area contributed by atoms with Crippen molar-refractivity contribution in [2.75, 3.05) is 19.8 Å². The molecule has 0 heterocycles. The molecule has 0 atom stereocenters. The first-order valence-electron chi connectivity index (χ1n) is 8.39. The average Bonchev–Trinajstić information content (AvgIpc) is 2.54. The third-order valence-electron chi connectivity index (χ3n) is 2.86. The summed E-state index contributed by atoms with van der Waals surface area (Å²) in [7, 11) is -4.24. The Morgan fingerprint density at radius 1 is 0.833 bits per heavy atom. The molecule has 144 valence electrons. The molecule has 0 aromatic heterocycles. The quantitative estimate of drug-likeness (QED) is 0.164. The smallest absolute Gasteiger partial charge is 1.00 e. The molecular formula is C16H38NaO6P. The molecule has 0 aliphatic heterocycles. The molecule has 0 saturated heterocycles. The predicted molar refractivity (Wildman–Crippen MR) is 96.4 cm³/mol. The number of hydrogen-bond donors (Lipinski definition) is 4. The van der Waals surface area contributed by atoms with E-state index >= 15 is 0 Å².